The maximum atomic E-state index is 14.7. The van der Waals surface area contributed by atoms with Crippen molar-refractivity contribution >= 4 is 39.6 Å². The largest absolute Gasteiger partial charge is 0.458 e. The van der Waals surface area contributed by atoms with E-state index in [-0.39, 0.29) is 30.2 Å². The number of hydrogen-bond donors (Lipinski definition) is 4. The van der Waals surface area contributed by atoms with Crippen LogP contribution in [-0.2, 0) is 54.6 Å². The summed E-state index contributed by atoms with van der Waals surface area (Å²) in [6.07, 6.45) is 0.0807. The highest BCUT2D eigenvalue weighted by Gasteiger charge is 2.59. The molecule has 4 N–H and O–H groups in total. The molecule has 22 nitrogen and oxygen atoms in total. The van der Waals surface area contributed by atoms with Gasteiger partial charge in [0.05, 0.1) is 30.0 Å². The molecular formula is C53H81N9O13S. The molecule has 3 fully saturated rings. The first kappa shape index (κ1) is 60.1. The number of hydrogen-bond acceptors (Lipinski definition) is 18. The van der Waals surface area contributed by atoms with Crippen LogP contribution in [0.4, 0.5) is 15.3 Å². The highest BCUT2D eigenvalue weighted by atomic mass is 32.2. The summed E-state index contributed by atoms with van der Waals surface area (Å²) in [6.45, 7) is 19.0. The number of Topliss-reactive ketones (excluding diaryl/α,β-unsaturated/α-hetero) is 1. The van der Waals surface area contributed by atoms with E-state index < -0.39 is 111 Å². The van der Waals surface area contributed by atoms with Crippen LogP contribution in [-0.4, -0.2) is 174 Å². The van der Waals surface area contributed by atoms with Crippen LogP contribution in [0.5, 0.6) is 0 Å². The number of fused-ring (bicyclic) bond motifs is 1. The first-order valence-corrected chi connectivity index (χ1v) is 27.8. The van der Waals surface area contributed by atoms with Gasteiger partial charge in [0.15, 0.2) is 17.7 Å². The molecule has 0 bridgehead atoms. The summed E-state index contributed by atoms with van der Waals surface area (Å²) in [4.78, 5) is 62.8. The number of aromatic nitrogens is 4. The predicted molar refractivity (Wildman–Crippen MR) is 281 cm³/mol. The van der Waals surface area contributed by atoms with Crippen LogP contribution in [0.3, 0.4) is 0 Å². The Kier molecular flexibility index (Phi) is 19.9. The van der Waals surface area contributed by atoms with Gasteiger partial charge in [-0.15, -0.1) is 5.10 Å². The van der Waals surface area contributed by atoms with Crippen LogP contribution in [0.2, 0.25) is 0 Å². The highest BCUT2D eigenvalue weighted by molar-refractivity contribution is 7.89. The number of nitrogens with one attached hydrogen (secondary N) is 3. The normalized spacial score (nSPS) is 31.2. The number of ketones is 1. The number of aliphatic hydroxyl groups excluding tert-OH is 1. The van der Waals surface area contributed by atoms with E-state index in [1.54, 1.807) is 70.4 Å². The summed E-state index contributed by atoms with van der Waals surface area (Å²) >= 11 is 0. The molecular weight excluding hydrogens is 1000 g/mol. The van der Waals surface area contributed by atoms with Gasteiger partial charge in [-0.1, -0.05) is 38.1 Å². The van der Waals surface area contributed by atoms with Gasteiger partial charge in [0.25, 0.3) is 0 Å². The van der Waals surface area contributed by atoms with Crippen LogP contribution < -0.4 is 15.4 Å². The van der Waals surface area contributed by atoms with E-state index in [1.807, 2.05) is 50.9 Å². The van der Waals surface area contributed by atoms with E-state index in [2.05, 4.69) is 30.7 Å². The Labute approximate surface area is 447 Å². The summed E-state index contributed by atoms with van der Waals surface area (Å²) in [5, 5.41) is 26.9. The molecule has 6 rings (SSSR count). The fourth-order valence-electron chi connectivity index (χ4n) is 10.7. The third kappa shape index (κ3) is 14.5. The van der Waals surface area contributed by atoms with Gasteiger partial charge in [-0.05, 0) is 131 Å². The molecule has 3 aliphatic rings. The summed E-state index contributed by atoms with van der Waals surface area (Å²) in [6, 6.07) is 8.64. The fourth-order valence-corrected chi connectivity index (χ4v) is 11.8. The van der Waals surface area contributed by atoms with Gasteiger partial charge in [-0.25, -0.2) is 22.7 Å². The molecule has 1 aromatic carbocycles. The number of sulfonamides is 1. The monoisotopic (exact) mass is 1080 g/mol. The van der Waals surface area contributed by atoms with Crippen LogP contribution in [0.15, 0.2) is 59.9 Å². The van der Waals surface area contributed by atoms with E-state index in [0.717, 1.165) is 5.56 Å². The highest BCUT2D eigenvalue weighted by Crippen LogP contribution is 2.40. The summed E-state index contributed by atoms with van der Waals surface area (Å²) < 4.78 is 68.1. The zero-order valence-electron chi connectivity index (χ0n) is 46.3. The van der Waals surface area contributed by atoms with Crippen molar-refractivity contribution < 1.29 is 61.1 Å². The molecule has 422 valence electrons. The SMILES string of the molecule is CC[C@H]1OC(=O)[C@H](C)C(=O)[C@H](C)[C@@H](O[C@@H]2OC(CNS(=O)(=O)c3cccnc3)CC(N(C)C)C2O)[C@](C)(OC)C[C@@H](C)CN[C@H](C)[C@H]2N(CCCCn3cc(-c4cccc(NC(=O)OC(C)(C)C)c4)nn3)C(=O)O[C@]12C. The number of pyridine rings is 1. The molecule has 5 heterocycles. The van der Waals surface area contributed by atoms with Crippen molar-refractivity contribution in [3.8, 4) is 11.3 Å². The number of unbranched alkanes of at least 4 members (excludes halogenated alkanes) is 1. The number of anilines is 1. The molecule has 3 saturated heterocycles. The van der Waals surface area contributed by atoms with E-state index in [0.29, 0.717) is 50.3 Å². The second kappa shape index (κ2) is 25.1. The minimum absolute atomic E-state index is 0.0169. The number of carbonyl (C=O) groups is 4. The van der Waals surface area contributed by atoms with Crippen LogP contribution in [0.25, 0.3) is 11.3 Å². The number of ether oxygens (including phenoxy) is 6. The van der Waals surface area contributed by atoms with Gasteiger partial charge in [0.2, 0.25) is 10.0 Å². The number of methoxy groups -OCH3 is 1. The summed E-state index contributed by atoms with van der Waals surface area (Å²) in [7, 11) is 1.14. The first-order chi connectivity index (χ1) is 35.7. The lowest BCUT2D eigenvalue weighted by atomic mass is 9.78. The topological polar surface area (TPSA) is 264 Å². The number of aryl methyl sites for hydroxylation is 1. The average Bonchev–Trinajstić information content (AvgIpc) is 3.95. The third-order valence-corrected chi connectivity index (χ3v) is 16.2. The third-order valence-electron chi connectivity index (χ3n) is 14.8. The fraction of sp³-hybridized carbons (Fsp3) is 0.679. The number of rotatable bonds is 16. The second-order valence-electron chi connectivity index (χ2n) is 22.2. The molecule has 2 amide bonds. The summed E-state index contributed by atoms with van der Waals surface area (Å²) in [5.74, 6) is -3.78. The Morgan fingerprint density at radius 3 is 2.43 bits per heavy atom. The molecule has 0 radical (unpaired) electrons. The van der Waals surface area contributed by atoms with Crippen molar-refractivity contribution in [1.82, 2.24) is 39.8 Å². The van der Waals surface area contributed by atoms with E-state index in [1.165, 1.54) is 38.6 Å². The molecule has 13 atom stereocenters. The smallest absolute Gasteiger partial charge is 0.412 e. The van der Waals surface area contributed by atoms with E-state index in [4.69, 9.17) is 28.4 Å². The Bertz CT molecular complexity index is 2570. The Hall–Kier alpha value is -5.14. The number of likely N-dealkylation sites (N-methyl/N-ethyl adjacent to an activating group) is 1. The van der Waals surface area contributed by atoms with Gasteiger partial charge in [0.1, 0.15) is 34.3 Å². The Morgan fingerprint density at radius 1 is 1.05 bits per heavy atom. The molecule has 3 aliphatic heterocycles. The van der Waals surface area contributed by atoms with Crippen molar-refractivity contribution in [3.63, 3.8) is 0 Å². The summed E-state index contributed by atoms with van der Waals surface area (Å²) in [5.41, 5.74) is -1.28. The average molecular weight is 1080 g/mol. The number of nitrogens with zero attached hydrogens (tertiary/aromatic N) is 6. The number of esters is 1. The Balaban J connectivity index is 1.18. The van der Waals surface area contributed by atoms with Crippen molar-refractivity contribution in [2.24, 2.45) is 17.8 Å². The molecule has 0 aliphatic carbocycles. The lowest BCUT2D eigenvalue weighted by molar-refractivity contribution is -0.296. The molecule has 76 heavy (non-hydrogen) atoms. The maximum Gasteiger partial charge on any atom is 0.412 e. The zero-order valence-corrected chi connectivity index (χ0v) is 47.2. The first-order valence-electron chi connectivity index (χ1n) is 26.3. The minimum Gasteiger partial charge on any atom is -0.458 e. The molecule has 23 heteroatoms. The molecule has 3 aromatic rings. The molecule has 0 spiro atoms. The van der Waals surface area contributed by atoms with Crippen molar-refractivity contribution in [2.45, 2.75) is 178 Å². The minimum atomic E-state index is -3.96. The number of amides is 2. The molecule has 2 aromatic heterocycles. The van der Waals surface area contributed by atoms with Crippen molar-refractivity contribution in [3.05, 3.63) is 55.0 Å². The number of benzene rings is 1. The van der Waals surface area contributed by atoms with Crippen LogP contribution in [0, 0.1) is 17.8 Å². The predicted octanol–water partition coefficient (Wildman–Crippen LogP) is 5.40. The van der Waals surface area contributed by atoms with Gasteiger partial charge in [-0.2, -0.15) is 0 Å². The number of cyclic esters (lactones) is 1. The standard InChI is InChI=1S/C53H81N9O13S/c1-14-42-53(10)45(62(50(67)75-53)24-16-15-23-61-31-40(58-59-61)36-19-17-20-37(25-36)57-49(66)74-51(6,7)8)35(5)55-28-32(2)27-52(9,70-13)46(33(3)43(63)34(4)47(65)72-42)73-48-44(64)41(60(11)12)26-38(71-48)29-56-76(68,69)39-21-18-22-54-30-39/h17-22,25,30-35,38,41-42,44-46,48,55-56,64H,14-16,23-24,26-29H2,1-13H3,(H,57,66)/t32-,33+,34-,35-,38?,41?,42-,44?,45-,46-,48+,52-,53-/m1/s1. The van der Waals surface area contributed by atoms with Crippen LogP contribution >= 0.6 is 0 Å². The van der Waals surface area contributed by atoms with Gasteiger partial charge >= 0.3 is 18.2 Å². The second-order valence-corrected chi connectivity index (χ2v) is 24.0. The zero-order chi connectivity index (χ0) is 55.9. The van der Waals surface area contributed by atoms with E-state index >= 15 is 0 Å². The maximum absolute atomic E-state index is 14.7. The molecule has 3 unspecified atom stereocenters. The van der Waals surface area contributed by atoms with Gasteiger partial charge in [-0.3, -0.25) is 29.5 Å². The quantitative estimate of drug-likeness (QED) is 0.0605. The van der Waals surface area contributed by atoms with E-state index in [9.17, 15) is 32.7 Å². The van der Waals surface area contributed by atoms with Crippen molar-refractivity contribution in [1.29, 1.82) is 0 Å². The number of carbonyl (C=O) groups excluding carboxylic acids is 4. The Morgan fingerprint density at radius 2 is 1.78 bits per heavy atom. The lowest BCUT2D eigenvalue weighted by Gasteiger charge is -2.47. The number of aliphatic hydroxyl groups is 1. The van der Waals surface area contributed by atoms with Crippen LogP contribution in [0.1, 0.15) is 101 Å². The molecule has 0 saturated carbocycles. The van der Waals surface area contributed by atoms with Gasteiger partial charge < -0.3 is 43.7 Å². The van der Waals surface area contributed by atoms with Crippen molar-refractivity contribution in [2.75, 3.05) is 46.2 Å². The lowest BCUT2D eigenvalue weighted by Crippen LogP contribution is -2.61. The van der Waals surface area contributed by atoms with Gasteiger partial charge in [0, 0.05) is 68.4 Å².